The topological polar surface area (TPSA) is 57.5 Å². The first kappa shape index (κ1) is 14.4. The minimum atomic E-state index is -0.983. The van der Waals surface area contributed by atoms with Crippen molar-refractivity contribution in [3.8, 4) is 0 Å². The van der Waals surface area contributed by atoms with E-state index in [-0.39, 0.29) is 16.9 Å². The van der Waals surface area contributed by atoms with E-state index in [1.165, 1.54) is 12.1 Å². The van der Waals surface area contributed by atoms with Crippen LogP contribution >= 0.6 is 23.4 Å². The summed E-state index contributed by atoms with van der Waals surface area (Å²) >= 11 is 7.58. The average molecular weight is 275 g/mol. The van der Waals surface area contributed by atoms with Gasteiger partial charge in [0.2, 0.25) is 0 Å². The molecular weight excluding hydrogens is 260 g/mol. The lowest BCUT2D eigenvalue weighted by Gasteiger charge is -2.14. The largest absolute Gasteiger partial charge is 0.478 e. The van der Waals surface area contributed by atoms with Gasteiger partial charge < -0.3 is 10.2 Å². The highest BCUT2D eigenvalue weighted by molar-refractivity contribution is 7.99. The highest BCUT2D eigenvalue weighted by Crippen LogP contribution is 2.26. The van der Waals surface area contributed by atoms with Crippen molar-refractivity contribution in [3.05, 3.63) is 34.3 Å². The molecule has 0 aliphatic heterocycles. The summed E-state index contributed by atoms with van der Waals surface area (Å²) in [7, 11) is 0. The number of thioether (sulfide) groups is 1. The van der Waals surface area contributed by atoms with E-state index in [1.54, 1.807) is 24.8 Å². The molecule has 3 nitrogen and oxygen atoms in total. The maximum Gasteiger partial charge on any atom is 0.335 e. The normalized spacial score (nSPS) is 14.4. The van der Waals surface area contributed by atoms with E-state index in [1.807, 2.05) is 6.92 Å². The van der Waals surface area contributed by atoms with Crippen LogP contribution < -0.4 is 0 Å². The molecule has 1 aromatic rings. The molecule has 2 unspecified atom stereocenters. The van der Waals surface area contributed by atoms with Crippen LogP contribution in [0.1, 0.15) is 29.8 Å². The Morgan fingerprint density at radius 3 is 2.59 bits per heavy atom. The van der Waals surface area contributed by atoms with Crippen LogP contribution in [0.25, 0.3) is 0 Å². The van der Waals surface area contributed by atoms with Gasteiger partial charge in [-0.05, 0) is 24.6 Å². The van der Waals surface area contributed by atoms with Gasteiger partial charge in [-0.1, -0.05) is 24.6 Å². The number of hydrogen-bond acceptors (Lipinski definition) is 3. The summed E-state index contributed by atoms with van der Waals surface area (Å²) in [5.74, 6) is -0.325. The summed E-state index contributed by atoms with van der Waals surface area (Å²) < 4.78 is 0. The van der Waals surface area contributed by atoms with E-state index in [0.717, 1.165) is 5.56 Å². The van der Waals surface area contributed by atoms with E-state index in [2.05, 4.69) is 0 Å². The third kappa shape index (κ3) is 4.22. The van der Waals surface area contributed by atoms with E-state index < -0.39 is 5.97 Å². The number of rotatable bonds is 5. The number of carboxylic acid groups (broad SMARTS) is 1. The van der Waals surface area contributed by atoms with Crippen LogP contribution in [0.3, 0.4) is 0 Å². The lowest BCUT2D eigenvalue weighted by Crippen LogP contribution is -2.15. The van der Waals surface area contributed by atoms with Gasteiger partial charge in [0.05, 0.1) is 11.7 Å². The molecule has 0 aliphatic carbocycles. The Hall–Kier alpha value is -0.710. The van der Waals surface area contributed by atoms with E-state index in [0.29, 0.717) is 10.8 Å². The van der Waals surface area contributed by atoms with Crippen LogP contribution in [0.4, 0.5) is 0 Å². The molecule has 2 N–H and O–H groups in total. The number of aliphatic hydroxyl groups excluding tert-OH is 1. The van der Waals surface area contributed by atoms with Crippen molar-refractivity contribution in [3.63, 3.8) is 0 Å². The molecule has 0 spiro atoms. The number of carbonyl (C=O) groups is 1. The second-order valence-electron chi connectivity index (χ2n) is 3.87. The van der Waals surface area contributed by atoms with Crippen LogP contribution in [0, 0.1) is 0 Å². The lowest BCUT2D eigenvalue weighted by atomic mass is 10.1. The van der Waals surface area contributed by atoms with Crippen molar-refractivity contribution in [2.45, 2.75) is 31.0 Å². The maximum atomic E-state index is 10.7. The molecule has 17 heavy (non-hydrogen) atoms. The summed E-state index contributed by atoms with van der Waals surface area (Å²) in [6.45, 7) is 3.68. The highest BCUT2D eigenvalue weighted by Gasteiger charge is 2.11. The number of aromatic carboxylic acids is 1. The average Bonchev–Trinajstić information content (AvgIpc) is 2.26. The molecule has 0 saturated heterocycles. The Morgan fingerprint density at radius 1 is 1.47 bits per heavy atom. The summed E-state index contributed by atoms with van der Waals surface area (Å²) in [5.41, 5.74) is 1.07. The number of carboxylic acids is 1. The zero-order chi connectivity index (χ0) is 13.0. The van der Waals surface area contributed by atoms with Gasteiger partial charge in [-0.25, -0.2) is 4.79 Å². The van der Waals surface area contributed by atoms with Crippen molar-refractivity contribution in [1.29, 1.82) is 0 Å². The van der Waals surface area contributed by atoms with E-state index in [4.69, 9.17) is 16.7 Å². The van der Waals surface area contributed by atoms with Gasteiger partial charge in [0.1, 0.15) is 0 Å². The van der Waals surface area contributed by atoms with Crippen molar-refractivity contribution in [1.82, 2.24) is 0 Å². The molecule has 0 fully saturated rings. The highest BCUT2D eigenvalue weighted by atomic mass is 35.5. The number of benzene rings is 1. The summed E-state index contributed by atoms with van der Waals surface area (Å²) in [6, 6.07) is 4.71. The van der Waals surface area contributed by atoms with Crippen molar-refractivity contribution < 1.29 is 15.0 Å². The second-order valence-corrected chi connectivity index (χ2v) is 5.64. The Balaban J connectivity index is 2.70. The third-order valence-electron chi connectivity index (χ3n) is 2.48. The third-order valence-corrected chi connectivity index (χ3v) is 4.23. The molecule has 1 rings (SSSR count). The van der Waals surface area contributed by atoms with Crippen LogP contribution in [0.5, 0.6) is 0 Å². The Labute approximate surface area is 110 Å². The minimum absolute atomic E-state index is 0.116. The summed E-state index contributed by atoms with van der Waals surface area (Å²) in [6.07, 6.45) is -0.378. The second kappa shape index (κ2) is 6.28. The van der Waals surface area contributed by atoms with E-state index in [9.17, 15) is 9.90 Å². The fourth-order valence-corrected chi connectivity index (χ4v) is 2.46. The first-order valence-electron chi connectivity index (χ1n) is 5.23. The van der Waals surface area contributed by atoms with Gasteiger partial charge in [0.25, 0.3) is 0 Å². The lowest BCUT2D eigenvalue weighted by molar-refractivity contribution is 0.0697. The quantitative estimate of drug-likeness (QED) is 0.866. The van der Waals surface area contributed by atoms with Gasteiger partial charge in [-0.15, -0.1) is 0 Å². The predicted octanol–water partition coefficient (Wildman–Crippen LogP) is 3.04. The molecule has 0 saturated carbocycles. The van der Waals surface area contributed by atoms with Crippen molar-refractivity contribution in [2.75, 3.05) is 0 Å². The zero-order valence-electron chi connectivity index (χ0n) is 9.68. The molecule has 94 valence electrons. The molecule has 0 aliphatic rings. The smallest absolute Gasteiger partial charge is 0.335 e. The fourth-order valence-electron chi connectivity index (χ4n) is 1.16. The monoisotopic (exact) mass is 274 g/mol. The molecule has 0 amide bonds. The molecule has 0 heterocycles. The Kier molecular flexibility index (Phi) is 5.31. The molecule has 0 radical (unpaired) electrons. The predicted molar refractivity (Wildman–Crippen MR) is 70.8 cm³/mol. The number of halogens is 1. The van der Waals surface area contributed by atoms with Gasteiger partial charge in [0.15, 0.2) is 0 Å². The van der Waals surface area contributed by atoms with Crippen LogP contribution in [0.15, 0.2) is 18.2 Å². The molecule has 5 heteroatoms. The molecule has 1 aromatic carbocycles. The van der Waals surface area contributed by atoms with E-state index >= 15 is 0 Å². The fraction of sp³-hybridized carbons (Fsp3) is 0.417. The van der Waals surface area contributed by atoms with Crippen LogP contribution in [-0.2, 0) is 5.75 Å². The standard InChI is InChI=1S/C12H15ClO3S/c1-7(14)8(2)17-6-10-4-3-9(12(15)16)5-11(10)13/h3-5,7-8,14H,6H2,1-2H3,(H,15,16). The SMILES string of the molecule is CC(O)C(C)SCc1ccc(C(=O)O)cc1Cl. The van der Waals surface area contributed by atoms with Crippen LogP contribution in [-0.4, -0.2) is 27.5 Å². The number of hydrogen-bond donors (Lipinski definition) is 2. The Morgan fingerprint density at radius 2 is 2.12 bits per heavy atom. The maximum absolute atomic E-state index is 10.7. The first-order valence-corrected chi connectivity index (χ1v) is 6.66. The minimum Gasteiger partial charge on any atom is -0.478 e. The van der Waals surface area contributed by atoms with Gasteiger partial charge in [0, 0.05) is 16.0 Å². The Bertz CT molecular complexity index is 407. The van der Waals surface area contributed by atoms with Crippen molar-refractivity contribution in [2.24, 2.45) is 0 Å². The van der Waals surface area contributed by atoms with Crippen molar-refractivity contribution >= 4 is 29.3 Å². The van der Waals surface area contributed by atoms with Gasteiger partial charge in [-0.2, -0.15) is 11.8 Å². The van der Waals surface area contributed by atoms with Gasteiger partial charge >= 0.3 is 5.97 Å². The molecule has 0 bridgehead atoms. The number of aliphatic hydroxyl groups is 1. The zero-order valence-corrected chi connectivity index (χ0v) is 11.3. The van der Waals surface area contributed by atoms with Crippen LogP contribution in [0.2, 0.25) is 5.02 Å². The first-order chi connectivity index (χ1) is 7.91. The molecular formula is C12H15ClO3S. The van der Waals surface area contributed by atoms with Gasteiger partial charge in [-0.3, -0.25) is 0 Å². The molecule has 2 atom stereocenters. The summed E-state index contributed by atoms with van der Waals surface area (Å²) in [5, 5.41) is 18.7. The molecule has 0 aromatic heterocycles. The summed E-state index contributed by atoms with van der Waals surface area (Å²) in [4.78, 5) is 10.7.